The molecule has 0 aromatic carbocycles. The van der Waals surface area contributed by atoms with Crippen molar-refractivity contribution in [3.8, 4) is 0 Å². The molecule has 2 heterocycles. The van der Waals surface area contributed by atoms with Crippen molar-refractivity contribution in [3.63, 3.8) is 0 Å². The molecule has 4 nitrogen and oxygen atoms in total. The average molecular weight is 297 g/mol. The molecule has 2 atom stereocenters. The summed E-state index contributed by atoms with van der Waals surface area (Å²) in [6.07, 6.45) is 4.07. The fourth-order valence-electron chi connectivity index (χ4n) is 2.68. The molecule has 0 amide bonds. The summed E-state index contributed by atoms with van der Waals surface area (Å²) in [5.74, 6) is 0.758. The van der Waals surface area contributed by atoms with Crippen LogP contribution < -0.4 is 5.32 Å². The first-order valence-corrected chi connectivity index (χ1v) is 8.32. The van der Waals surface area contributed by atoms with Crippen molar-refractivity contribution >= 4 is 22.4 Å². The lowest BCUT2D eigenvalue weighted by atomic mass is 10.1. The van der Waals surface area contributed by atoms with Crippen molar-refractivity contribution in [1.82, 2.24) is 9.62 Å². The number of fused-ring (bicyclic) bond motifs is 2. The van der Waals surface area contributed by atoms with Crippen LogP contribution in [0, 0.1) is 5.92 Å². The third-order valence-electron chi connectivity index (χ3n) is 3.83. The lowest BCUT2D eigenvalue weighted by molar-refractivity contribution is 0.381. The maximum atomic E-state index is 12.2. The Morgan fingerprint density at radius 3 is 2.56 bits per heavy atom. The van der Waals surface area contributed by atoms with E-state index in [1.54, 1.807) is 4.31 Å². The minimum absolute atomic E-state index is 0. The van der Waals surface area contributed by atoms with E-state index in [1.165, 1.54) is 6.42 Å². The molecule has 0 saturated carbocycles. The number of hydrogen-bond donors (Lipinski definition) is 1. The average Bonchev–Trinajstić information content (AvgIpc) is 2.55. The van der Waals surface area contributed by atoms with E-state index in [9.17, 15) is 8.42 Å². The monoisotopic (exact) mass is 296 g/mol. The molecule has 2 bridgehead atoms. The van der Waals surface area contributed by atoms with Gasteiger partial charge in [-0.05, 0) is 31.6 Å². The molecule has 2 aliphatic rings. The first kappa shape index (κ1) is 16.2. The number of sulfonamides is 1. The van der Waals surface area contributed by atoms with Crippen molar-refractivity contribution in [2.45, 2.75) is 51.6 Å². The highest BCUT2D eigenvalue weighted by Gasteiger charge is 2.33. The highest BCUT2D eigenvalue weighted by Crippen LogP contribution is 2.22. The summed E-state index contributed by atoms with van der Waals surface area (Å²) in [7, 11) is -3.03. The molecule has 6 heteroatoms. The summed E-state index contributed by atoms with van der Waals surface area (Å²) < 4.78 is 26.1. The van der Waals surface area contributed by atoms with Gasteiger partial charge in [-0.2, -0.15) is 0 Å². The van der Waals surface area contributed by atoms with Crippen LogP contribution >= 0.6 is 12.4 Å². The normalized spacial score (nSPS) is 29.1. The van der Waals surface area contributed by atoms with Gasteiger partial charge in [-0.25, -0.2) is 12.7 Å². The Labute approximate surface area is 117 Å². The van der Waals surface area contributed by atoms with Gasteiger partial charge in [0.15, 0.2) is 0 Å². The third kappa shape index (κ3) is 4.08. The molecule has 2 fully saturated rings. The molecule has 1 N–H and O–H groups in total. The Balaban J connectivity index is 0.00000162. The van der Waals surface area contributed by atoms with E-state index >= 15 is 0 Å². The summed E-state index contributed by atoms with van der Waals surface area (Å²) in [5, 5.41) is 3.51. The Morgan fingerprint density at radius 1 is 1.22 bits per heavy atom. The van der Waals surface area contributed by atoms with Crippen LogP contribution in [0.3, 0.4) is 0 Å². The summed E-state index contributed by atoms with van der Waals surface area (Å²) in [5.41, 5.74) is 0. The molecule has 2 unspecified atom stereocenters. The highest BCUT2D eigenvalue weighted by atomic mass is 35.5. The predicted molar refractivity (Wildman–Crippen MR) is 76.6 cm³/mol. The summed E-state index contributed by atoms with van der Waals surface area (Å²) >= 11 is 0. The van der Waals surface area contributed by atoms with Crippen LogP contribution in [0.15, 0.2) is 0 Å². The molecule has 0 aromatic heterocycles. The summed E-state index contributed by atoms with van der Waals surface area (Å²) in [6.45, 7) is 5.52. The maximum absolute atomic E-state index is 12.2. The van der Waals surface area contributed by atoms with Crippen LogP contribution in [0.1, 0.15) is 39.5 Å². The van der Waals surface area contributed by atoms with Crippen molar-refractivity contribution in [3.05, 3.63) is 0 Å². The van der Waals surface area contributed by atoms with Crippen LogP contribution in [-0.2, 0) is 10.0 Å². The lowest BCUT2D eigenvalue weighted by Gasteiger charge is -2.24. The Kier molecular flexibility index (Phi) is 5.90. The standard InChI is InChI=1S/C12H24N2O2S.ClH/c1-10(2)6-8-17(15,16)14-7-5-11-3-4-12(9-14)13-11;/h10-13H,3-9H2,1-2H3;1H. The number of rotatable bonds is 4. The largest absolute Gasteiger partial charge is 0.310 e. The fourth-order valence-corrected chi connectivity index (χ4v) is 4.50. The first-order chi connectivity index (χ1) is 7.97. The zero-order valence-electron chi connectivity index (χ0n) is 11.3. The Hall–Kier alpha value is 0.160. The van der Waals surface area contributed by atoms with Gasteiger partial charge in [0.2, 0.25) is 10.0 Å². The number of nitrogens with one attached hydrogen (secondary N) is 1. The van der Waals surface area contributed by atoms with Crippen LogP contribution in [0.4, 0.5) is 0 Å². The van der Waals surface area contributed by atoms with Crippen molar-refractivity contribution in [2.75, 3.05) is 18.8 Å². The van der Waals surface area contributed by atoms with E-state index < -0.39 is 10.0 Å². The zero-order chi connectivity index (χ0) is 12.5. The molecule has 0 spiro atoms. The minimum atomic E-state index is -3.03. The quantitative estimate of drug-likeness (QED) is 0.857. The van der Waals surface area contributed by atoms with Gasteiger partial charge in [0.25, 0.3) is 0 Å². The minimum Gasteiger partial charge on any atom is -0.310 e. The second kappa shape index (κ2) is 6.55. The van der Waals surface area contributed by atoms with Gasteiger partial charge in [0.05, 0.1) is 5.75 Å². The molecule has 0 aliphatic carbocycles. The summed E-state index contributed by atoms with van der Waals surface area (Å²) in [4.78, 5) is 0. The van der Waals surface area contributed by atoms with E-state index in [2.05, 4.69) is 19.2 Å². The molecule has 2 saturated heterocycles. The van der Waals surface area contributed by atoms with Crippen molar-refractivity contribution in [2.24, 2.45) is 5.92 Å². The molecule has 18 heavy (non-hydrogen) atoms. The first-order valence-electron chi connectivity index (χ1n) is 6.71. The second-order valence-corrected chi connectivity index (χ2v) is 7.87. The molecule has 2 rings (SSSR count). The zero-order valence-corrected chi connectivity index (χ0v) is 12.9. The lowest BCUT2D eigenvalue weighted by Crippen LogP contribution is -2.40. The van der Waals surface area contributed by atoms with E-state index in [-0.39, 0.29) is 12.4 Å². The van der Waals surface area contributed by atoms with E-state index in [4.69, 9.17) is 0 Å². The number of hydrogen-bond acceptors (Lipinski definition) is 3. The fraction of sp³-hybridized carbons (Fsp3) is 1.00. The van der Waals surface area contributed by atoms with Crippen LogP contribution in [0.2, 0.25) is 0 Å². The SMILES string of the molecule is CC(C)CCS(=O)(=O)N1CCC2CCC(C1)N2.Cl. The van der Waals surface area contributed by atoms with Crippen LogP contribution in [0.5, 0.6) is 0 Å². The number of halogens is 1. The van der Waals surface area contributed by atoms with Crippen molar-refractivity contribution in [1.29, 1.82) is 0 Å². The molecular formula is C12H25ClN2O2S. The molecule has 2 aliphatic heterocycles. The van der Waals surface area contributed by atoms with E-state index in [1.807, 2.05) is 0 Å². The van der Waals surface area contributed by atoms with Crippen LogP contribution in [0.25, 0.3) is 0 Å². The van der Waals surface area contributed by atoms with Gasteiger partial charge in [-0.15, -0.1) is 12.4 Å². The third-order valence-corrected chi connectivity index (χ3v) is 5.70. The van der Waals surface area contributed by atoms with Crippen LogP contribution in [-0.4, -0.2) is 43.6 Å². The Bertz CT molecular complexity index is 359. The van der Waals surface area contributed by atoms with Crippen molar-refractivity contribution < 1.29 is 8.42 Å². The smallest absolute Gasteiger partial charge is 0.214 e. The highest BCUT2D eigenvalue weighted by molar-refractivity contribution is 7.89. The van der Waals surface area contributed by atoms with E-state index in [0.717, 1.165) is 19.3 Å². The maximum Gasteiger partial charge on any atom is 0.214 e. The second-order valence-electron chi connectivity index (χ2n) is 5.78. The Morgan fingerprint density at radius 2 is 1.89 bits per heavy atom. The van der Waals surface area contributed by atoms with E-state index in [0.29, 0.717) is 36.8 Å². The van der Waals surface area contributed by atoms with Gasteiger partial charge in [0, 0.05) is 25.2 Å². The molecular weight excluding hydrogens is 272 g/mol. The van der Waals surface area contributed by atoms with Gasteiger partial charge in [-0.1, -0.05) is 13.8 Å². The molecule has 0 radical (unpaired) electrons. The summed E-state index contributed by atoms with van der Waals surface area (Å²) in [6, 6.07) is 0.932. The predicted octanol–water partition coefficient (Wildman–Crippen LogP) is 1.61. The van der Waals surface area contributed by atoms with Gasteiger partial charge < -0.3 is 5.32 Å². The molecule has 108 valence electrons. The van der Waals surface area contributed by atoms with Gasteiger partial charge in [0.1, 0.15) is 0 Å². The van der Waals surface area contributed by atoms with Gasteiger partial charge in [-0.3, -0.25) is 0 Å². The topological polar surface area (TPSA) is 49.4 Å². The number of nitrogens with zero attached hydrogens (tertiary/aromatic N) is 1. The molecule has 0 aromatic rings. The van der Waals surface area contributed by atoms with Gasteiger partial charge >= 0.3 is 0 Å².